The number of para-hydroxylation sites is 2. The topological polar surface area (TPSA) is 85.5 Å². The molecule has 0 radical (unpaired) electrons. The van der Waals surface area contributed by atoms with E-state index in [0.717, 1.165) is 40.6 Å². The minimum absolute atomic E-state index is 0.0992. The number of carbonyl (C=O) groups excluding carboxylic acids is 3. The number of carbonyl (C=O) groups is 3. The molecule has 0 bridgehead atoms. The molecule has 7 nitrogen and oxygen atoms in total. The van der Waals surface area contributed by atoms with Gasteiger partial charge in [-0.3, -0.25) is 14.5 Å². The Morgan fingerprint density at radius 2 is 1.56 bits per heavy atom. The van der Waals surface area contributed by atoms with E-state index in [0.29, 0.717) is 17.7 Å². The predicted molar refractivity (Wildman–Crippen MR) is 167 cm³/mol. The molecule has 3 heterocycles. The van der Waals surface area contributed by atoms with E-state index in [1.165, 1.54) is 10.5 Å². The highest BCUT2D eigenvalue weighted by molar-refractivity contribution is 6.24. The molecule has 2 aliphatic heterocycles. The highest BCUT2D eigenvalue weighted by Gasteiger charge is 2.53. The van der Waals surface area contributed by atoms with Gasteiger partial charge in [0.15, 0.2) is 0 Å². The van der Waals surface area contributed by atoms with Gasteiger partial charge in [0.2, 0.25) is 0 Å². The molecule has 214 valence electrons. The van der Waals surface area contributed by atoms with Crippen LogP contribution in [0.3, 0.4) is 0 Å². The van der Waals surface area contributed by atoms with Crippen molar-refractivity contribution in [3.63, 3.8) is 0 Å². The van der Waals surface area contributed by atoms with Crippen molar-refractivity contribution >= 4 is 34.4 Å². The number of urea groups is 1. The number of fused-ring (bicyclic) bond motifs is 4. The molecule has 43 heavy (non-hydrogen) atoms. The molecular formula is C36H32N4O3. The van der Waals surface area contributed by atoms with Crippen LogP contribution in [0.15, 0.2) is 109 Å². The molecule has 4 aromatic carbocycles. The van der Waals surface area contributed by atoms with E-state index < -0.39 is 18.1 Å². The van der Waals surface area contributed by atoms with Gasteiger partial charge >= 0.3 is 6.03 Å². The van der Waals surface area contributed by atoms with Crippen LogP contribution in [-0.2, 0) is 17.6 Å². The smallest absolute Gasteiger partial charge is 0.332 e. The van der Waals surface area contributed by atoms with Crippen LogP contribution in [0, 0.1) is 0 Å². The Morgan fingerprint density at radius 1 is 0.884 bits per heavy atom. The highest BCUT2D eigenvalue weighted by Crippen LogP contribution is 2.45. The van der Waals surface area contributed by atoms with Crippen molar-refractivity contribution in [1.82, 2.24) is 15.2 Å². The quantitative estimate of drug-likeness (QED) is 0.223. The maximum absolute atomic E-state index is 14.3. The third kappa shape index (κ3) is 4.67. The van der Waals surface area contributed by atoms with Crippen molar-refractivity contribution in [3.8, 4) is 0 Å². The fourth-order valence-electron chi connectivity index (χ4n) is 6.54. The average Bonchev–Trinajstić information content (AvgIpc) is 3.53. The lowest BCUT2D eigenvalue weighted by Gasteiger charge is -2.36. The van der Waals surface area contributed by atoms with Gasteiger partial charge in [0.05, 0.1) is 11.3 Å². The molecule has 7 heteroatoms. The minimum Gasteiger partial charge on any atom is -0.356 e. The molecule has 7 rings (SSSR count). The second kappa shape index (κ2) is 10.9. The number of hydrogen-bond acceptors (Lipinski definition) is 3. The molecule has 0 unspecified atom stereocenters. The van der Waals surface area contributed by atoms with Crippen LogP contribution in [0.1, 0.15) is 52.1 Å². The summed E-state index contributed by atoms with van der Waals surface area (Å²) >= 11 is 0. The van der Waals surface area contributed by atoms with Crippen molar-refractivity contribution < 1.29 is 14.4 Å². The number of anilines is 1. The number of nitrogens with zero attached hydrogens (tertiary/aromatic N) is 2. The molecule has 2 aliphatic rings. The van der Waals surface area contributed by atoms with E-state index in [2.05, 4.69) is 28.5 Å². The lowest BCUT2D eigenvalue weighted by atomic mass is 9.89. The Hall–Kier alpha value is -5.17. The largest absolute Gasteiger partial charge is 0.356 e. The van der Waals surface area contributed by atoms with Gasteiger partial charge in [0, 0.05) is 29.1 Å². The maximum Gasteiger partial charge on any atom is 0.332 e. The molecule has 1 fully saturated rings. The van der Waals surface area contributed by atoms with Crippen LogP contribution in [0.25, 0.3) is 10.9 Å². The molecule has 0 spiro atoms. The standard InChI is InChI=1S/C36H32N4O3/c1-23(20-21-24-12-4-2-5-13-24)37-34(41)27-17-9-11-19-30(27)40-35(42)31-22-28-26-16-8-10-18-29(26)38-32(28)33(39(31)36(40)43)25-14-6-3-7-15-25/h2-19,23,31,33,38H,20-22H2,1H3,(H,37,41)/t23-,31-,33-/m0/s1. The molecule has 2 N–H and O–H groups in total. The number of nitrogens with one attached hydrogen (secondary N) is 2. The van der Waals surface area contributed by atoms with Crippen molar-refractivity contribution in [2.24, 2.45) is 0 Å². The van der Waals surface area contributed by atoms with Crippen molar-refractivity contribution in [2.75, 3.05) is 4.90 Å². The van der Waals surface area contributed by atoms with Gasteiger partial charge in [-0.15, -0.1) is 0 Å². The molecule has 1 saturated heterocycles. The monoisotopic (exact) mass is 568 g/mol. The normalized spacial score (nSPS) is 18.4. The first-order valence-electron chi connectivity index (χ1n) is 14.8. The van der Waals surface area contributed by atoms with E-state index in [1.54, 1.807) is 29.2 Å². The lowest BCUT2D eigenvalue weighted by Crippen LogP contribution is -2.44. The fourth-order valence-corrected chi connectivity index (χ4v) is 6.54. The molecule has 4 amide bonds. The van der Waals surface area contributed by atoms with E-state index in [-0.39, 0.29) is 17.9 Å². The summed E-state index contributed by atoms with van der Waals surface area (Å²) in [5.41, 5.74) is 5.68. The van der Waals surface area contributed by atoms with Crippen LogP contribution in [-0.4, -0.2) is 39.8 Å². The molecular weight excluding hydrogens is 536 g/mol. The average molecular weight is 569 g/mol. The summed E-state index contributed by atoms with van der Waals surface area (Å²) in [5, 5.41) is 4.14. The third-order valence-corrected chi connectivity index (χ3v) is 8.64. The van der Waals surface area contributed by atoms with E-state index >= 15 is 0 Å². The highest BCUT2D eigenvalue weighted by atomic mass is 16.2. The second-order valence-corrected chi connectivity index (χ2v) is 11.4. The summed E-state index contributed by atoms with van der Waals surface area (Å²) in [5.74, 6) is -0.628. The zero-order valence-corrected chi connectivity index (χ0v) is 23.9. The van der Waals surface area contributed by atoms with Crippen molar-refractivity contribution in [1.29, 1.82) is 0 Å². The third-order valence-electron chi connectivity index (χ3n) is 8.64. The Bertz CT molecular complexity index is 1830. The molecule has 0 saturated carbocycles. The van der Waals surface area contributed by atoms with Crippen molar-refractivity contribution in [3.05, 3.63) is 137 Å². The number of aromatic amines is 1. The number of imide groups is 1. The minimum atomic E-state index is -0.690. The van der Waals surface area contributed by atoms with E-state index in [4.69, 9.17) is 0 Å². The SMILES string of the molecule is C[C@@H](CCc1ccccc1)NC(=O)c1ccccc1N1C(=O)[C@@H]2Cc3c([nH]c4ccccc34)[C@H](c3ccccc3)N2C1=O. The summed E-state index contributed by atoms with van der Waals surface area (Å²) in [6, 6.07) is 33.2. The maximum atomic E-state index is 14.3. The number of benzene rings is 4. The van der Waals surface area contributed by atoms with Crippen molar-refractivity contribution in [2.45, 2.75) is 44.3 Å². The predicted octanol–water partition coefficient (Wildman–Crippen LogP) is 6.40. The molecule has 3 atom stereocenters. The zero-order valence-electron chi connectivity index (χ0n) is 23.9. The first-order valence-corrected chi connectivity index (χ1v) is 14.8. The summed E-state index contributed by atoms with van der Waals surface area (Å²) in [7, 11) is 0. The second-order valence-electron chi connectivity index (χ2n) is 11.4. The zero-order chi connectivity index (χ0) is 29.5. The first kappa shape index (κ1) is 26.7. The summed E-state index contributed by atoms with van der Waals surface area (Å²) in [6.45, 7) is 1.97. The molecule has 1 aromatic heterocycles. The number of H-pyrrole nitrogens is 1. The first-order chi connectivity index (χ1) is 21.0. The van der Waals surface area contributed by atoms with Gasteiger partial charge in [-0.05, 0) is 54.7 Å². The number of amides is 4. The van der Waals surface area contributed by atoms with Gasteiger partial charge in [0.25, 0.3) is 11.8 Å². The van der Waals surface area contributed by atoms with Crippen LogP contribution >= 0.6 is 0 Å². The summed E-state index contributed by atoms with van der Waals surface area (Å²) in [6.07, 6.45) is 1.99. The Morgan fingerprint density at radius 3 is 2.35 bits per heavy atom. The van der Waals surface area contributed by atoms with Gasteiger partial charge in [-0.1, -0.05) is 91.0 Å². The van der Waals surface area contributed by atoms with Crippen LogP contribution in [0.2, 0.25) is 0 Å². The number of aryl methyl sites for hydroxylation is 1. The van der Waals surface area contributed by atoms with E-state index in [9.17, 15) is 14.4 Å². The Balaban J connectivity index is 1.21. The Labute approximate surface area is 250 Å². The van der Waals surface area contributed by atoms with E-state index in [1.807, 2.05) is 73.7 Å². The van der Waals surface area contributed by atoms with Gasteiger partial charge in [0.1, 0.15) is 12.1 Å². The van der Waals surface area contributed by atoms with Crippen LogP contribution in [0.5, 0.6) is 0 Å². The lowest BCUT2D eigenvalue weighted by molar-refractivity contribution is -0.120. The summed E-state index contributed by atoms with van der Waals surface area (Å²) < 4.78 is 0. The molecule has 0 aliphatic carbocycles. The van der Waals surface area contributed by atoms with Gasteiger partial charge < -0.3 is 10.3 Å². The summed E-state index contributed by atoms with van der Waals surface area (Å²) in [4.78, 5) is 48.5. The number of hydrogen-bond donors (Lipinski definition) is 2. The van der Waals surface area contributed by atoms with Crippen LogP contribution < -0.4 is 10.2 Å². The Kier molecular flexibility index (Phi) is 6.78. The number of aromatic nitrogens is 1. The fraction of sp³-hybridized carbons (Fsp3) is 0.194. The van der Waals surface area contributed by atoms with Gasteiger partial charge in [-0.2, -0.15) is 0 Å². The van der Waals surface area contributed by atoms with Crippen LogP contribution in [0.4, 0.5) is 10.5 Å². The number of rotatable bonds is 7. The molecule has 5 aromatic rings. The van der Waals surface area contributed by atoms with Gasteiger partial charge in [-0.25, -0.2) is 9.69 Å².